The lowest BCUT2D eigenvalue weighted by Crippen LogP contribution is -2.49. The molecule has 1 amide bonds. The fourth-order valence-corrected chi connectivity index (χ4v) is 3.09. The van der Waals surface area contributed by atoms with E-state index in [4.69, 9.17) is 0 Å². The highest BCUT2D eigenvalue weighted by atomic mass is 16.2. The highest BCUT2D eigenvalue weighted by Gasteiger charge is 2.22. The molecule has 0 bridgehead atoms. The van der Waals surface area contributed by atoms with Gasteiger partial charge in [0.25, 0.3) is 5.91 Å². The van der Waals surface area contributed by atoms with E-state index in [-0.39, 0.29) is 5.91 Å². The van der Waals surface area contributed by atoms with Gasteiger partial charge in [0.2, 0.25) is 0 Å². The number of pyridine rings is 1. The first kappa shape index (κ1) is 16.6. The molecule has 24 heavy (non-hydrogen) atoms. The first-order valence-electron chi connectivity index (χ1n) is 8.59. The van der Waals surface area contributed by atoms with E-state index < -0.39 is 0 Å². The number of amides is 1. The van der Waals surface area contributed by atoms with Gasteiger partial charge in [0.1, 0.15) is 11.5 Å². The van der Waals surface area contributed by atoms with Crippen LogP contribution in [0.1, 0.15) is 36.1 Å². The minimum Gasteiger partial charge on any atom is -0.335 e. The van der Waals surface area contributed by atoms with Crippen LogP contribution in [0, 0.1) is 0 Å². The highest BCUT2D eigenvalue weighted by molar-refractivity contribution is 5.92. The number of aromatic nitrogens is 3. The van der Waals surface area contributed by atoms with Gasteiger partial charge >= 0.3 is 0 Å². The van der Waals surface area contributed by atoms with Crippen molar-refractivity contribution in [2.24, 2.45) is 0 Å². The number of hydrogen-bond donors (Lipinski definition) is 0. The van der Waals surface area contributed by atoms with E-state index in [0.717, 1.165) is 45.1 Å². The Balaban J connectivity index is 1.49. The summed E-state index contributed by atoms with van der Waals surface area (Å²) in [7, 11) is 0. The average molecular weight is 327 g/mol. The Morgan fingerprint density at radius 1 is 1.08 bits per heavy atom. The molecule has 1 saturated heterocycles. The first-order chi connectivity index (χ1) is 11.6. The Labute approximate surface area is 143 Å². The van der Waals surface area contributed by atoms with Crippen LogP contribution < -0.4 is 0 Å². The molecule has 1 aliphatic rings. The van der Waals surface area contributed by atoms with E-state index in [1.165, 1.54) is 0 Å². The zero-order valence-electron chi connectivity index (χ0n) is 14.4. The first-order valence-corrected chi connectivity index (χ1v) is 8.59. The van der Waals surface area contributed by atoms with Crippen molar-refractivity contribution in [1.82, 2.24) is 24.3 Å². The molecule has 3 heterocycles. The maximum absolute atomic E-state index is 12.4. The van der Waals surface area contributed by atoms with Gasteiger partial charge in [-0.15, -0.1) is 0 Å². The van der Waals surface area contributed by atoms with Crippen LogP contribution in [0.25, 0.3) is 0 Å². The molecule has 2 aromatic rings. The van der Waals surface area contributed by atoms with E-state index in [0.29, 0.717) is 11.6 Å². The van der Waals surface area contributed by atoms with E-state index in [2.05, 4.69) is 39.5 Å². The monoisotopic (exact) mass is 327 g/mol. The Morgan fingerprint density at radius 3 is 2.54 bits per heavy atom. The summed E-state index contributed by atoms with van der Waals surface area (Å²) in [6, 6.07) is 5.46. The fraction of sp³-hybridized carbons (Fsp3) is 0.500. The molecule has 0 aliphatic carbocycles. The van der Waals surface area contributed by atoms with E-state index in [9.17, 15) is 4.79 Å². The Hall–Kier alpha value is -2.21. The van der Waals surface area contributed by atoms with Crippen molar-refractivity contribution in [3.8, 4) is 0 Å². The molecule has 0 saturated carbocycles. The third-order valence-electron chi connectivity index (χ3n) is 4.46. The van der Waals surface area contributed by atoms with E-state index in [1.807, 2.05) is 23.2 Å². The Morgan fingerprint density at radius 2 is 1.88 bits per heavy atom. The molecule has 1 aliphatic heterocycles. The maximum Gasteiger partial charge on any atom is 0.272 e. The number of carbonyl (C=O) groups is 1. The smallest absolute Gasteiger partial charge is 0.272 e. The topological polar surface area (TPSA) is 54.3 Å². The summed E-state index contributed by atoms with van der Waals surface area (Å²) in [5.41, 5.74) is 0.533. The summed E-state index contributed by atoms with van der Waals surface area (Å²) in [5.74, 6) is 1.61. The van der Waals surface area contributed by atoms with Gasteiger partial charge in [-0.1, -0.05) is 19.9 Å². The van der Waals surface area contributed by atoms with Gasteiger partial charge in [0.15, 0.2) is 0 Å². The van der Waals surface area contributed by atoms with Crippen LogP contribution in [-0.2, 0) is 6.54 Å². The second kappa shape index (κ2) is 7.57. The van der Waals surface area contributed by atoms with Crippen LogP contribution in [0.2, 0.25) is 0 Å². The van der Waals surface area contributed by atoms with Gasteiger partial charge in [0, 0.05) is 63.8 Å². The molecule has 0 atom stereocenters. The van der Waals surface area contributed by atoms with Crippen LogP contribution >= 0.6 is 0 Å². The van der Waals surface area contributed by atoms with Gasteiger partial charge in [-0.2, -0.15) is 0 Å². The van der Waals surface area contributed by atoms with Gasteiger partial charge in [-0.25, -0.2) is 4.98 Å². The standard InChI is InChI=1S/C18H25N5O/c1-15(2)17-20-7-8-22(17)12-9-21-10-13-23(14-11-21)18(24)16-5-3-4-6-19-16/h3-8,15H,9-14H2,1-2H3. The Kier molecular flexibility index (Phi) is 5.25. The van der Waals surface area contributed by atoms with Crippen molar-refractivity contribution in [2.45, 2.75) is 26.3 Å². The molecular formula is C18H25N5O. The summed E-state index contributed by atoms with van der Waals surface area (Å²) in [6.07, 6.45) is 5.59. The molecule has 3 rings (SSSR count). The predicted octanol–water partition coefficient (Wildman–Crippen LogP) is 1.86. The molecule has 128 valence electrons. The maximum atomic E-state index is 12.4. The molecule has 0 unspecified atom stereocenters. The zero-order chi connectivity index (χ0) is 16.9. The normalized spacial score (nSPS) is 15.9. The van der Waals surface area contributed by atoms with Crippen LogP contribution in [0.15, 0.2) is 36.8 Å². The van der Waals surface area contributed by atoms with Gasteiger partial charge in [-0.05, 0) is 12.1 Å². The molecule has 0 spiro atoms. The minimum atomic E-state index is 0.0342. The molecule has 6 nitrogen and oxygen atoms in total. The second-order valence-corrected chi connectivity index (χ2v) is 6.48. The second-order valence-electron chi connectivity index (χ2n) is 6.48. The average Bonchev–Trinajstić information content (AvgIpc) is 3.09. The Bertz CT molecular complexity index is 659. The lowest BCUT2D eigenvalue weighted by atomic mass is 10.2. The van der Waals surface area contributed by atoms with Crippen molar-refractivity contribution in [3.05, 3.63) is 48.3 Å². The summed E-state index contributed by atoms with van der Waals surface area (Å²) in [4.78, 5) is 25.3. The van der Waals surface area contributed by atoms with Crippen LogP contribution in [-0.4, -0.2) is 63.0 Å². The molecule has 0 radical (unpaired) electrons. The van der Waals surface area contributed by atoms with Crippen molar-refractivity contribution >= 4 is 5.91 Å². The molecule has 1 fully saturated rings. The summed E-state index contributed by atoms with van der Waals surface area (Å²) in [5, 5.41) is 0. The van der Waals surface area contributed by atoms with Gasteiger partial charge < -0.3 is 9.47 Å². The van der Waals surface area contributed by atoms with Crippen molar-refractivity contribution < 1.29 is 4.79 Å². The van der Waals surface area contributed by atoms with Crippen LogP contribution in [0.5, 0.6) is 0 Å². The molecular weight excluding hydrogens is 302 g/mol. The van der Waals surface area contributed by atoms with Gasteiger partial charge in [0.05, 0.1) is 0 Å². The lowest BCUT2D eigenvalue weighted by Gasteiger charge is -2.34. The summed E-state index contributed by atoms with van der Waals surface area (Å²) < 4.78 is 2.23. The fourth-order valence-electron chi connectivity index (χ4n) is 3.09. The third-order valence-corrected chi connectivity index (χ3v) is 4.46. The zero-order valence-corrected chi connectivity index (χ0v) is 14.4. The SMILES string of the molecule is CC(C)c1nccn1CCN1CCN(C(=O)c2ccccn2)CC1. The molecule has 2 aromatic heterocycles. The molecule has 0 aromatic carbocycles. The summed E-state index contributed by atoms with van der Waals surface area (Å²) >= 11 is 0. The minimum absolute atomic E-state index is 0.0342. The quantitative estimate of drug-likeness (QED) is 0.841. The van der Waals surface area contributed by atoms with Crippen LogP contribution in [0.3, 0.4) is 0 Å². The van der Waals surface area contributed by atoms with Crippen molar-refractivity contribution in [2.75, 3.05) is 32.7 Å². The number of rotatable bonds is 5. The van der Waals surface area contributed by atoms with E-state index in [1.54, 1.807) is 12.3 Å². The van der Waals surface area contributed by atoms with Crippen molar-refractivity contribution in [3.63, 3.8) is 0 Å². The summed E-state index contributed by atoms with van der Waals surface area (Å²) in [6.45, 7) is 9.60. The van der Waals surface area contributed by atoms with Crippen molar-refractivity contribution in [1.29, 1.82) is 0 Å². The lowest BCUT2D eigenvalue weighted by molar-refractivity contribution is 0.0627. The largest absolute Gasteiger partial charge is 0.335 e. The van der Waals surface area contributed by atoms with E-state index >= 15 is 0 Å². The highest BCUT2D eigenvalue weighted by Crippen LogP contribution is 2.12. The number of imidazole rings is 1. The third kappa shape index (κ3) is 3.82. The number of hydrogen-bond acceptors (Lipinski definition) is 4. The van der Waals surface area contributed by atoms with Gasteiger partial charge in [-0.3, -0.25) is 14.7 Å². The molecule has 6 heteroatoms. The number of nitrogens with zero attached hydrogens (tertiary/aromatic N) is 5. The number of piperazine rings is 1. The number of carbonyl (C=O) groups excluding carboxylic acids is 1. The molecule has 0 N–H and O–H groups in total. The predicted molar refractivity (Wildman–Crippen MR) is 92.9 cm³/mol. The van der Waals surface area contributed by atoms with Crippen LogP contribution in [0.4, 0.5) is 0 Å².